The maximum atomic E-state index is 6.57. The summed E-state index contributed by atoms with van der Waals surface area (Å²) in [6, 6.07) is 56.9. The molecule has 49 heavy (non-hydrogen) atoms. The number of aromatic nitrogens is 3. The van der Waals surface area contributed by atoms with Crippen LogP contribution in [0.2, 0.25) is 0 Å². The van der Waals surface area contributed by atoms with Crippen LogP contribution in [0.15, 0.2) is 168 Å². The minimum atomic E-state index is 0.611. The van der Waals surface area contributed by atoms with Crippen LogP contribution in [0.25, 0.3) is 99.5 Å². The average molecular weight is 626 g/mol. The first-order valence-electron chi connectivity index (χ1n) is 16.4. The molecule has 10 aromatic rings. The van der Waals surface area contributed by atoms with Crippen LogP contribution in [0.4, 0.5) is 0 Å². The predicted octanol–water partition coefficient (Wildman–Crippen LogP) is 11.9. The van der Waals surface area contributed by atoms with E-state index in [1.807, 2.05) is 30.3 Å². The van der Waals surface area contributed by atoms with Gasteiger partial charge in [-0.15, -0.1) is 0 Å². The van der Waals surface area contributed by atoms with E-state index in [0.717, 1.165) is 65.7 Å². The van der Waals surface area contributed by atoms with E-state index in [0.29, 0.717) is 17.5 Å². The number of rotatable bonds is 4. The lowest BCUT2D eigenvalue weighted by atomic mass is 9.95. The zero-order valence-corrected chi connectivity index (χ0v) is 26.3. The van der Waals surface area contributed by atoms with Crippen LogP contribution in [0, 0.1) is 0 Å². The molecule has 0 N–H and O–H groups in total. The lowest BCUT2D eigenvalue weighted by Gasteiger charge is -2.12. The molecule has 0 amide bonds. The lowest BCUT2D eigenvalue weighted by molar-refractivity contribution is 0.670. The van der Waals surface area contributed by atoms with Crippen LogP contribution in [-0.2, 0) is 0 Å². The summed E-state index contributed by atoms with van der Waals surface area (Å²) in [6.07, 6.45) is 0. The van der Waals surface area contributed by atoms with Gasteiger partial charge >= 0.3 is 0 Å². The van der Waals surface area contributed by atoms with Crippen LogP contribution in [0.3, 0.4) is 0 Å². The summed E-state index contributed by atoms with van der Waals surface area (Å²) in [5.74, 6) is 1.85. The van der Waals surface area contributed by atoms with Gasteiger partial charge in [0.25, 0.3) is 0 Å². The maximum absolute atomic E-state index is 6.57. The van der Waals surface area contributed by atoms with Crippen molar-refractivity contribution in [3.8, 4) is 45.3 Å². The molecule has 0 spiro atoms. The number of benzene rings is 8. The molecule has 4 nitrogen and oxygen atoms in total. The van der Waals surface area contributed by atoms with Crippen molar-refractivity contribution in [2.75, 3.05) is 0 Å². The minimum absolute atomic E-state index is 0.611. The van der Waals surface area contributed by atoms with Gasteiger partial charge < -0.3 is 4.42 Å². The van der Waals surface area contributed by atoms with Crippen molar-refractivity contribution < 1.29 is 4.42 Å². The van der Waals surface area contributed by atoms with Gasteiger partial charge in [-0.1, -0.05) is 146 Å². The second-order valence-corrected chi connectivity index (χ2v) is 12.4. The van der Waals surface area contributed by atoms with Crippen molar-refractivity contribution in [2.24, 2.45) is 0 Å². The van der Waals surface area contributed by atoms with Gasteiger partial charge in [-0.05, 0) is 61.6 Å². The van der Waals surface area contributed by atoms with Crippen molar-refractivity contribution in [1.29, 1.82) is 0 Å². The Balaban J connectivity index is 1.22. The lowest BCUT2D eigenvalue weighted by Crippen LogP contribution is -2.01. The molecule has 0 bridgehead atoms. The number of fused-ring (bicyclic) bond motifs is 7. The van der Waals surface area contributed by atoms with E-state index in [9.17, 15) is 0 Å². The summed E-state index contributed by atoms with van der Waals surface area (Å²) >= 11 is 0. The van der Waals surface area contributed by atoms with Gasteiger partial charge in [0.15, 0.2) is 17.5 Å². The molecule has 0 aliphatic carbocycles. The van der Waals surface area contributed by atoms with Crippen LogP contribution in [-0.4, -0.2) is 15.0 Å². The molecule has 0 saturated heterocycles. The molecule has 0 fully saturated rings. The van der Waals surface area contributed by atoms with Gasteiger partial charge in [0, 0.05) is 27.5 Å². The molecule has 10 rings (SSSR count). The maximum Gasteiger partial charge on any atom is 0.165 e. The standard InChI is InChI=1S/C45H27N3O/c1-2-12-31(13-3-1)43-46-44(32-21-18-29(19-22-32)34-23-20-28-10-4-5-14-33(28)26-34)48-45(47-43)41-37-17-9-7-15-35(37)27-39-42(41)40-36-16-8-6-11-30(36)24-25-38(40)49-39/h1-27H. The largest absolute Gasteiger partial charge is 0.456 e. The normalized spacial score (nSPS) is 11.7. The SMILES string of the molecule is c1ccc(-c2nc(-c3ccc(-c4ccc5ccccc5c4)cc3)nc(-c3c4ccccc4cc4oc5ccc6ccccc6c5c34)n2)cc1. The molecule has 228 valence electrons. The van der Waals surface area contributed by atoms with Crippen LogP contribution in [0.1, 0.15) is 0 Å². The molecule has 8 aromatic carbocycles. The highest BCUT2D eigenvalue weighted by atomic mass is 16.3. The van der Waals surface area contributed by atoms with Crippen LogP contribution in [0.5, 0.6) is 0 Å². The average Bonchev–Trinajstić information content (AvgIpc) is 3.55. The monoisotopic (exact) mass is 625 g/mol. The Morgan fingerprint density at radius 3 is 1.69 bits per heavy atom. The molecule has 0 atom stereocenters. The third kappa shape index (κ3) is 4.57. The summed E-state index contributed by atoms with van der Waals surface area (Å²) in [5, 5.41) is 8.95. The second-order valence-electron chi connectivity index (χ2n) is 12.4. The minimum Gasteiger partial charge on any atom is -0.456 e. The molecule has 4 heteroatoms. The number of hydrogen-bond donors (Lipinski definition) is 0. The molecular formula is C45H27N3O. The highest BCUT2D eigenvalue weighted by molar-refractivity contribution is 6.26. The van der Waals surface area contributed by atoms with Crippen molar-refractivity contribution >= 4 is 54.3 Å². The van der Waals surface area contributed by atoms with Crippen molar-refractivity contribution in [2.45, 2.75) is 0 Å². The van der Waals surface area contributed by atoms with Crippen molar-refractivity contribution in [1.82, 2.24) is 15.0 Å². The number of nitrogens with zero attached hydrogens (tertiary/aromatic N) is 3. The quantitative estimate of drug-likeness (QED) is 0.195. The van der Waals surface area contributed by atoms with Gasteiger partial charge in [0.05, 0.1) is 0 Å². The summed E-state index contributed by atoms with van der Waals surface area (Å²) in [5.41, 5.74) is 6.75. The van der Waals surface area contributed by atoms with E-state index in [4.69, 9.17) is 19.4 Å². The third-order valence-corrected chi connectivity index (χ3v) is 9.49. The summed E-state index contributed by atoms with van der Waals surface area (Å²) in [6.45, 7) is 0. The van der Waals surface area contributed by atoms with Gasteiger partial charge in [-0.3, -0.25) is 0 Å². The molecule has 0 aliphatic rings. The first-order chi connectivity index (χ1) is 24.3. The smallest absolute Gasteiger partial charge is 0.165 e. The first-order valence-corrected chi connectivity index (χ1v) is 16.4. The van der Waals surface area contributed by atoms with Gasteiger partial charge in [0.2, 0.25) is 0 Å². The van der Waals surface area contributed by atoms with E-state index in [1.165, 1.54) is 16.3 Å². The zero-order chi connectivity index (χ0) is 32.3. The second kappa shape index (κ2) is 11.0. The summed E-state index contributed by atoms with van der Waals surface area (Å²) < 4.78 is 6.57. The highest BCUT2D eigenvalue weighted by Gasteiger charge is 2.22. The Labute approximate surface area is 282 Å². The number of furan rings is 1. The Morgan fingerprint density at radius 1 is 0.327 bits per heavy atom. The molecule has 0 aliphatic heterocycles. The molecule has 2 aromatic heterocycles. The first kappa shape index (κ1) is 27.5. The fraction of sp³-hybridized carbons (Fsp3) is 0. The van der Waals surface area contributed by atoms with Gasteiger partial charge in [0.1, 0.15) is 11.2 Å². The third-order valence-electron chi connectivity index (χ3n) is 9.49. The van der Waals surface area contributed by atoms with Crippen molar-refractivity contribution in [3.05, 3.63) is 164 Å². The number of hydrogen-bond acceptors (Lipinski definition) is 4. The van der Waals surface area contributed by atoms with E-state index in [1.54, 1.807) is 0 Å². The van der Waals surface area contributed by atoms with E-state index >= 15 is 0 Å². The Hall–Kier alpha value is -6.65. The van der Waals surface area contributed by atoms with E-state index in [2.05, 4.69) is 133 Å². The topological polar surface area (TPSA) is 51.8 Å². The molecular weight excluding hydrogens is 599 g/mol. The molecule has 2 heterocycles. The molecule has 0 saturated carbocycles. The predicted molar refractivity (Wildman–Crippen MR) is 201 cm³/mol. The zero-order valence-electron chi connectivity index (χ0n) is 26.3. The van der Waals surface area contributed by atoms with Crippen molar-refractivity contribution in [3.63, 3.8) is 0 Å². The van der Waals surface area contributed by atoms with E-state index < -0.39 is 0 Å². The van der Waals surface area contributed by atoms with Crippen LogP contribution >= 0.6 is 0 Å². The van der Waals surface area contributed by atoms with E-state index in [-0.39, 0.29) is 0 Å². The Bertz CT molecular complexity index is 2870. The molecule has 0 unspecified atom stereocenters. The summed E-state index contributed by atoms with van der Waals surface area (Å²) in [7, 11) is 0. The summed E-state index contributed by atoms with van der Waals surface area (Å²) in [4.78, 5) is 15.5. The molecule has 0 radical (unpaired) electrons. The Kier molecular flexibility index (Phi) is 6.15. The fourth-order valence-electron chi connectivity index (χ4n) is 7.11. The fourth-order valence-corrected chi connectivity index (χ4v) is 7.11. The van der Waals surface area contributed by atoms with Gasteiger partial charge in [-0.2, -0.15) is 0 Å². The van der Waals surface area contributed by atoms with Gasteiger partial charge in [-0.25, -0.2) is 15.0 Å². The highest BCUT2D eigenvalue weighted by Crippen LogP contribution is 2.43. The van der Waals surface area contributed by atoms with Crippen LogP contribution < -0.4 is 0 Å². The Morgan fingerprint density at radius 2 is 0.898 bits per heavy atom.